The minimum Gasteiger partial charge on any atom is -0.508 e. The molecule has 0 aromatic heterocycles. The first-order valence-corrected chi connectivity index (χ1v) is 5.39. The largest absolute Gasteiger partial charge is 0.508 e. The fourth-order valence-electron chi connectivity index (χ4n) is 1.24. The highest BCUT2D eigenvalue weighted by atomic mass is 16.6. The number of amides is 1. The molecule has 2 N–H and O–H groups in total. The van der Waals surface area contributed by atoms with Crippen molar-refractivity contribution in [2.24, 2.45) is 0 Å². The number of phenolic OH excluding ortho intramolecular Hbond substituents is 1. The number of aromatic hydroxyl groups is 1. The van der Waals surface area contributed by atoms with Crippen molar-refractivity contribution in [2.45, 2.75) is 32.4 Å². The van der Waals surface area contributed by atoms with Crippen molar-refractivity contribution in [1.82, 2.24) is 5.32 Å². The van der Waals surface area contributed by atoms with E-state index in [0.29, 0.717) is 0 Å². The van der Waals surface area contributed by atoms with Gasteiger partial charge in [-0.2, -0.15) is 0 Å². The average Bonchev–Trinajstić information content (AvgIpc) is 2.15. The van der Waals surface area contributed by atoms with E-state index in [-0.39, 0.29) is 5.75 Å². The van der Waals surface area contributed by atoms with Crippen molar-refractivity contribution in [3.8, 4) is 5.75 Å². The second-order valence-electron chi connectivity index (χ2n) is 4.79. The zero-order chi connectivity index (χ0) is 13.1. The lowest BCUT2D eigenvalue weighted by Gasteiger charge is -2.22. The van der Waals surface area contributed by atoms with Crippen LogP contribution >= 0.6 is 0 Å². The third-order valence-electron chi connectivity index (χ3n) is 1.99. The Morgan fingerprint density at radius 1 is 1.35 bits per heavy atom. The minimum atomic E-state index is -0.529. The maximum Gasteiger partial charge on any atom is 0.408 e. The van der Waals surface area contributed by atoms with E-state index in [4.69, 9.17) is 9.84 Å². The number of carbonyl (C=O) groups excluding carboxylic acids is 1. The summed E-state index contributed by atoms with van der Waals surface area (Å²) in [6.45, 7) is 9.20. The van der Waals surface area contributed by atoms with Crippen LogP contribution in [0.3, 0.4) is 0 Å². The number of benzene rings is 1. The Balaban J connectivity index is 2.57. The van der Waals surface area contributed by atoms with Crippen molar-refractivity contribution in [3.05, 3.63) is 36.8 Å². The lowest BCUT2D eigenvalue weighted by molar-refractivity contribution is 0.0513. The van der Waals surface area contributed by atoms with E-state index in [0.717, 1.165) is 5.56 Å². The van der Waals surface area contributed by atoms with E-state index < -0.39 is 17.7 Å². The Kier molecular flexibility index (Phi) is 3.99. The number of hydrogen-bond acceptors (Lipinski definition) is 3. The lowest BCUT2D eigenvalue weighted by atomic mass is 10.1. The molecule has 1 aromatic carbocycles. The van der Waals surface area contributed by atoms with Crippen LogP contribution in [0, 0.1) is 6.92 Å². The number of ether oxygens (including phenoxy) is 1. The number of phenols is 1. The molecule has 93 valence electrons. The van der Waals surface area contributed by atoms with E-state index in [9.17, 15) is 4.79 Å². The van der Waals surface area contributed by atoms with E-state index in [1.807, 2.05) is 0 Å². The molecule has 1 rings (SSSR count). The van der Waals surface area contributed by atoms with Crippen molar-refractivity contribution in [1.29, 1.82) is 0 Å². The van der Waals surface area contributed by atoms with Gasteiger partial charge >= 0.3 is 6.09 Å². The summed E-state index contributed by atoms with van der Waals surface area (Å²) in [5, 5.41) is 11.8. The summed E-state index contributed by atoms with van der Waals surface area (Å²) >= 11 is 0. The van der Waals surface area contributed by atoms with Crippen LogP contribution in [0.4, 0.5) is 4.79 Å². The fourth-order valence-corrected chi connectivity index (χ4v) is 1.24. The van der Waals surface area contributed by atoms with Gasteiger partial charge in [-0.05, 0) is 45.4 Å². The number of carbonyl (C=O) groups is 1. The van der Waals surface area contributed by atoms with Crippen LogP contribution in [0.5, 0.6) is 5.75 Å². The topological polar surface area (TPSA) is 58.6 Å². The molecular weight excluding hydrogens is 218 g/mol. The Labute approximate surface area is 102 Å². The Bertz CT molecular complexity index is 379. The highest BCUT2D eigenvalue weighted by Crippen LogP contribution is 2.16. The van der Waals surface area contributed by atoms with Gasteiger partial charge in [0, 0.05) is 0 Å². The first-order valence-electron chi connectivity index (χ1n) is 5.39. The predicted molar refractivity (Wildman–Crippen MR) is 65.6 cm³/mol. The van der Waals surface area contributed by atoms with Gasteiger partial charge in [-0.25, -0.2) is 4.79 Å². The summed E-state index contributed by atoms with van der Waals surface area (Å²) in [6.07, 6.45) is -0.509. The van der Waals surface area contributed by atoms with Crippen LogP contribution in [-0.4, -0.2) is 16.8 Å². The van der Waals surface area contributed by atoms with Crippen LogP contribution in [0.15, 0.2) is 24.3 Å². The molecule has 0 aliphatic rings. The molecule has 1 amide bonds. The summed E-state index contributed by atoms with van der Waals surface area (Å²) in [4.78, 5) is 11.5. The minimum absolute atomic E-state index is 0.179. The molecule has 17 heavy (non-hydrogen) atoms. The Hall–Kier alpha value is -1.71. The Morgan fingerprint density at radius 2 is 1.88 bits per heavy atom. The van der Waals surface area contributed by atoms with Gasteiger partial charge in [0.25, 0.3) is 0 Å². The van der Waals surface area contributed by atoms with E-state index >= 15 is 0 Å². The molecule has 4 heteroatoms. The summed E-state index contributed by atoms with van der Waals surface area (Å²) in [5.41, 5.74) is 0.271. The first-order chi connectivity index (χ1) is 7.78. The standard InChI is InChI=1S/C13H18NO3/c1-9(10-5-7-11(15)8-6-10)14-12(16)17-13(2,3)4/h5-9,15H,1H2,2-4H3,(H,14,16). The fraction of sp³-hybridized carbons (Fsp3) is 0.385. The van der Waals surface area contributed by atoms with Gasteiger partial charge < -0.3 is 15.2 Å². The molecule has 0 saturated carbocycles. The predicted octanol–water partition coefficient (Wildman–Crippen LogP) is 2.79. The second kappa shape index (κ2) is 5.08. The third-order valence-corrected chi connectivity index (χ3v) is 1.99. The lowest BCUT2D eigenvalue weighted by Crippen LogP contribution is -2.34. The van der Waals surface area contributed by atoms with Crippen LogP contribution in [-0.2, 0) is 4.74 Å². The second-order valence-corrected chi connectivity index (χ2v) is 4.79. The Morgan fingerprint density at radius 3 is 2.35 bits per heavy atom. The van der Waals surface area contributed by atoms with Gasteiger partial charge in [-0.15, -0.1) is 0 Å². The smallest absolute Gasteiger partial charge is 0.408 e. The zero-order valence-electron chi connectivity index (χ0n) is 10.4. The molecule has 1 aromatic rings. The molecule has 0 fully saturated rings. The van der Waals surface area contributed by atoms with Gasteiger partial charge in [0.2, 0.25) is 0 Å². The molecule has 0 aliphatic heterocycles. The van der Waals surface area contributed by atoms with Gasteiger partial charge in [0.1, 0.15) is 11.4 Å². The summed E-state index contributed by atoms with van der Waals surface area (Å²) in [6, 6.07) is 6.08. The van der Waals surface area contributed by atoms with E-state index in [1.54, 1.807) is 45.0 Å². The van der Waals surface area contributed by atoms with Gasteiger partial charge in [-0.3, -0.25) is 0 Å². The quantitative estimate of drug-likeness (QED) is 0.830. The molecule has 4 nitrogen and oxygen atoms in total. The van der Waals surface area contributed by atoms with Crippen LogP contribution < -0.4 is 5.32 Å². The molecule has 0 heterocycles. The van der Waals surface area contributed by atoms with Crippen LogP contribution in [0.25, 0.3) is 0 Å². The average molecular weight is 236 g/mol. The van der Waals surface area contributed by atoms with Gasteiger partial charge in [-0.1, -0.05) is 12.1 Å². The van der Waals surface area contributed by atoms with Crippen molar-refractivity contribution >= 4 is 6.09 Å². The molecule has 1 radical (unpaired) electrons. The van der Waals surface area contributed by atoms with E-state index in [1.165, 1.54) is 0 Å². The van der Waals surface area contributed by atoms with Gasteiger partial charge in [0.05, 0.1) is 6.04 Å². The summed E-state index contributed by atoms with van der Waals surface area (Å²) in [5.74, 6) is 0.179. The normalized spacial score (nSPS) is 12.9. The first kappa shape index (κ1) is 13.4. The number of rotatable bonds is 2. The van der Waals surface area contributed by atoms with Gasteiger partial charge in [0.15, 0.2) is 0 Å². The SMILES string of the molecule is [CH2]C(NC(=O)OC(C)(C)C)c1ccc(O)cc1. The molecule has 1 atom stereocenters. The molecule has 0 bridgehead atoms. The van der Waals surface area contributed by atoms with Crippen molar-refractivity contribution < 1.29 is 14.6 Å². The number of nitrogens with one attached hydrogen (secondary N) is 1. The zero-order valence-corrected chi connectivity index (χ0v) is 10.4. The molecule has 1 unspecified atom stereocenters. The van der Waals surface area contributed by atoms with Crippen LogP contribution in [0.2, 0.25) is 0 Å². The monoisotopic (exact) mass is 236 g/mol. The van der Waals surface area contributed by atoms with Crippen molar-refractivity contribution in [2.75, 3.05) is 0 Å². The number of alkyl carbamates (subject to hydrolysis) is 1. The molecule has 0 saturated heterocycles. The van der Waals surface area contributed by atoms with Crippen molar-refractivity contribution in [3.63, 3.8) is 0 Å². The summed E-state index contributed by atoms with van der Waals surface area (Å²) < 4.78 is 5.11. The maximum absolute atomic E-state index is 11.5. The molecular formula is C13H18NO3. The maximum atomic E-state index is 11.5. The highest BCUT2D eigenvalue weighted by molar-refractivity contribution is 5.68. The molecule has 0 spiro atoms. The number of hydrogen-bond donors (Lipinski definition) is 2. The van der Waals surface area contributed by atoms with Crippen LogP contribution in [0.1, 0.15) is 32.4 Å². The summed E-state index contributed by atoms with van der Waals surface area (Å²) in [7, 11) is 0. The molecule has 0 aliphatic carbocycles. The highest BCUT2D eigenvalue weighted by Gasteiger charge is 2.18. The van der Waals surface area contributed by atoms with E-state index in [2.05, 4.69) is 12.2 Å². The third kappa shape index (κ3) is 4.76.